The second-order valence-electron chi connectivity index (χ2n) is 4.71. The predicted octanol–water partition coefficient (Wildman–Crippen LogP) is 2.87. The van der Waals surface area contributed by atoms with Crippen molar-refractivity contribution >= 4 is 11.3 Å². The van der Waals surface area contributed by atoms with Crippen molar-refractivity contribution in [2.24, 2.45) is 0 Å². The number of hydrogen-bond acceptors (Lipinski definition) is 5. The van der Waals surface area contributed by atoms with Gasteiger partial charge in [-0.1, -0.05) is 6.92 Å². The number of nitrogens with zero attached hydrogens (tertiary/aromatic N) is 2. The van der Waals surface area contributed by atoms with Crippen LogP contribution in [0, 0.1) is 0 Å². The molecule has 1 N–H and O–H groups in total. The van der Waals surface area contributed by atoms with Gasteiger partial charge in [0, 0.05) is 30.6 Å². The molecular weight excluding hydrogens is 258 g/mol. The Balaban J connectivity index is 1.78. The molecule has 0 saturated heterocycles. The molecule has 0 bridgehead atoms. The summed E-state index contributed by atoms with van der Waals surface area (Å²) in [5.74, 6) is 0. The fraction of sp³-hybridized carbons (Fsp3) is 0.500. The molecule has 19 heavy (non-hydrogen) atoms. The lowest BCUT2D eigenvalue weighted by atomic mass is 10.3. The second kappa shape index (κ2) is 7.43. The van der Waals surface area contributed by atoms with Crippen molar-refractivity contribution in [3.8, 4) is 0 Å². The van der Waals surface area contributed by atoms with Crippen LogP contribution in [0.5, 0.6) is 0 Å². The van der Waals surface area contributed by atoms with E-state index in [1.807, 2.05) is 6.07 Å². The molecule has 0 spiro atoms. The molecule has 2 rings (SSSR count). The van der Waals surface area contributed by atoms with Crippen molar-refractivity contribution < 1.29 is 4.42 Å². The van der Waals surface area contributed by atoms with E-state index in [4.69, 9.17) is 4.42 Å². The van der Waals surface area contributed by atoms with Gasteiger partial charge in [0.1, 0.15) is 5.01 Å². The third kappa shape index (κ3) is 4.78. The zero-order valence-electron chi connectivity index (χ0n) is 11.6. The Morgan fingerprint density at radius 1 is 1.42 bits per heavy atom. The van der Waals surface area contributed by atoms with Gasteiger partial charge < -0.3 is 9.73 Å². The number of rotatable bonds is 8. The molecule has 0 saturated carbocycles. The highest BCUT2D eigenvalue weighted by atomic mass is 32.1. The SMILES string of the molecule is CCCNCc1nc(CN(C)Cc2ccoc2)cs1. The lowest BCUT2D eigenvalue weighted by Crippen LogP contribution is -2.17. The van der Waals surface area contributed by atoms with E-state index < -0.39 is 0 Å². The van der Waals surface area contributed by atoms with Crippen LogP contribution in [0.25, 0.3) is 0 Å². The zero-order chi connectivity index (χ0) is 13.5. The van der Waals surface area contributed by atoms with E-state index in [2.05, 4.69) is 34.6 Å². The highest BCUT2D eigenvalue weighted by Gasteiger charge is 2.06. The fourth-order valence-electron chi connectivity index (χ4n) is 1.90. The number of furan rings is 1. The average Bonchev–Trinajstić information content (AvgIpc) is 3.02. The summed E-state index contributed by atoms with van der Waals surface area (Å²) in [6.07, 6.45) is 4.66. The van der Waals surface area contributed by atoms with E-state index in [0.717, 1.165) is 38.3 Å². The van der Waals surface area contributed by atoms with Crippen molar-refractivity contribution in [1.82, 2.24) is 15.2 Å². The van der Waals surface area contributed by atoms with Gasteiger partial charge in [-0.3, -0.25) is 4.90 Å². The smallest absolute Gasteiger partial charge is 0.107 e. The maximum atomic E-state index is 5.08. The predicted molar refractivity (Wildman–Crippen MR) is 78.0 cm³/mol. The number of nitrogens with one attached hydrogen (secondary N) is 1. The summed E-state index contributed by atoms with van der Waals surface area (Å²) in [6, 6.07) is 2.00. The van der Waals surface area contributed by atoms with Crippen molar-refractivity contribution in [1.29, 1.82) is 0 Å². The zero-order valence-corrected chi connectivity index (χ0v) is 12.4. The van der Waals surface area contributed by atoms with Crippen LogP contribution in [0.1, 0.15) is 29.6 Å². The Bertz CT molecular complexity index is 467. The normalized spacial score (nSPS) is 11.3. The van der Waals surface area contributed by atoms with Gasteiger partial charge in [-0.25, -0.2) is 4.98 Å². The Morgan fingerprint density at radius 2 is 2.32 bits per heavy atom. The molecule has 2 heterocycles. The maximum absolute atomic E-state index is 5.08. The first-order chi connectivity index (χ1) is 9.28. The van der Waals surface area contributed by atoms with Crippen LogP contribution >= 0.6 is 11.3 Å². The molecule has 0 fully saturated rings. The molecule has 104 valence electrons. The molecule has 0 aliphatic carbocycles. The molecule has 0 amide bonds. The first-order valence-corrected chi connectivity index (χ1v) is 7.49. The molecule has 0 atom stereocenters. The summed E-state index contributed by atoms with van der Waals surface area (Å²) in [4.78, 5) is 6.88. The highest BCUT2D eigenvalue weighted by Crippen LogP contribution is 2.13. The van der Waals surface area contributed by atoms with Crippen LogP contribution in [0.15, 0.2) is 28.4 Å². The van der Waals surface area contributed by atoms with Gasteiger partial charge in [0.05, 0.1) is 18.2 Å². The number of aromatic nitrogens is 1. The third-order valence-electron chi connectivity index (χ3n) is 2.77. The molecule has 0 aliphatic heterocycles. The van der Waals surface area contributed by atoms with Gasteiger partial charge in [-0.15, -0.1) is 11.3 Å². The molecule has 2 aromatic rings. The Hall–Kier alpha value is -1.17. The Kier molecular flexibility index (Phi) is 5.57. The Morgan fingerprint density at radius 3 is 3.05 bits per heavy atom. The Labute approximate surface area is 118 Å². The van der Waals surface area contributed by atoms with Crippen LogP contribution < -0.4 is 5.32 Å². The van der Waals surface area contributed by atoms with E-state index in [1.54, 1.807) is 23.9 Å². The maximum Gasteiger partial charge on any atom is 0.107 e. The quantitative estimate of drug-likeness (QED) is 0.754. The third-order valence-corrected chi connectivity index (χ3v) is 3.66. The minimum absolute atomic E-state index is 0.870. The summed E-state index contributed by atoms with van der Waals surface area (Å²) in [7, 11) is 2.10. The van der Waals surface area contributed by atoms with Gasteiger partial charge in [-0.2, -0.15) is 0 Å². The molecule has 0 aliphatic rings. The lowest BCUT2D eigenvalue weighted by molar-refractivity contribution is 0.314. The molecule has 0 radical (unpaired) electrons. The van der Waals surface area contributed by atoms with E-state index in [9.17, 15) is 0 Å². The molecule has 4 nitrogen and oxygen atoms in total. The van der Waals surface area contributed by atoms with Crippen LogP contribution in [-0.2, 0) is 19.6 Å². The van der Waals surface area contributed by atoms with E-state index >= 15 is 0 Å². The van der Waals surface area contributed by atoms with Crippen molar-refractivity contribution in [3.05, 3.63) is 40.2 Å². The van der Waals surface area contributed by atoms with Crippen molar-refractivity contribution in [3.63, 3.8) is 0 Å². The van der Waals surface area contributed by atoms with Crippen LogP contribution in [0.4, 0.5) is 0 Å². The van der Waals surface area contributed by atoms with Gasteiger partial charge in [-0.05, 0) is 26.1 Å². The summed E-state index contributed by atoms with van der Waals surface area (Å²) in [5, 5.41) is 6.69. The first kappa shape index (κ1) is 14.2. The summed E-state index contributed by atoms with van der Waals surface area (Å²) < 4.78 is 5.08. The largest absolute Gasteiger partial charge is 0.472 e. The lowest BCUT2D eigenvalue weighted by Gasteiger charge is -2.13. The van der Waals surface area contributed by atoms with Crippen LogP contribution in [-0.4, -0.2) is 23.5 Å². The number of thiazole rings is 1. The summed E-state index contributed by atoms with van der Waals surface area (Å²) in [6.45, 7) is 5.86. The minimum Gasteiger partial charge on any atom is -0.472 e. The molecular formula is C14H21N3OS. The molecule has 5 heteroatoms. The van der Waals surface area contributed by atoms with Crippen LogP contribution in [0.3, 0.4) is 0 Å². The molecule has 0 unspecified atom stereocenters. The van der Waals surface area contributed by atoms with E-state index in [1.165, 1.54) is 10.6 Å². The van der Waals surface area contributed by atoms with E-state index in [0.29, 0.717) is 0 Å². The minimum atomic E-state index is 0.870. The highest BCUT2D eigenvalue weighted by molar-refractivity contribution is 7.09. The van der Waals surface area contributed by atoms with Gasteiger partial charge >= 0.3 is 0 Å². The average molecular weight is 279 g/mol. The van der Waals surface area contributed by atoms with Crippen LogP contribution in [0.2, 0.25) is 0 Å². The molecule has 2 aromatic heterocycles. The van der Waals surface area contributed by atoms with Crippen molar-refractivity contribution in [2.45, 2.75) is 33.0 Å². The first-order valence-electron chi connectivity index (χ1n) is 6.61. The second-order valence-corrected chi connectivity index (χ2v) is 5.66. The summed E-state index contributed by atoms with van der Waals surface area (Å²) >= 11 is 1.73. The van der Waals surface area contributed by atoms with Crippen molar-refractivity contribution in [2.75, 3.05) is 13.6 Å². The fourth-order valence-corrected chi connectivity index (χ4v) is 2.66. The van der Waals surface area contributed by atoms with Gasteiger partial charge in [0.25, 0.3) is 0 Å². The summed E-state index contributed by atoms with van der Waals surface area (Å²) in [5.41, 5.74) is 2.34. The number of hydrogen-bond donors (Lipinski definition) is 1. The monoisotopic (exact) mass is 279 g/mol. The van der Waals surface area contributed by atoms with Gasteiger partial charge in [0.15, 0.2) is 0 Å². The topological polar surface area (TPSA) is 41.3 Å². The molecule has 0 aromatic carbocycles. The van der Waals surface area contributed by atoms with Gasteiger partial charge in [0.2, 0.25) is 0 Å². The van der Waals surface area contributed by atoms with E-state index in [-0.39, 0.29) is 0 Å². The standard InChI is InChI=1S/C14H21N3OS/c1-3-5-15-7-14-16-13(11-19-14)9-17(2)8-12-4-6-18-10-12/h4,6,10-11,15H,3,5,7-9H2,1-2H3.